The maximum Gasteiger partial charge on any atom is -0.0235 e. The third kappa shape index (κ3) is 10.9. The third-order valence-corrected chi connectivity index (χ3v) is 7.42. The molecule has 0 fully saturated rings. The first-order chi connectivity index (χ1) is 17.7. The molecule has 0 atom stereocenters. The Labute approximate surface area is 238 Å². The number of aryl methyl sites for hydroxylation is 2. The molecule has 0 saturated heterocycles. The van der Waals surface area contributed by atoms with E-state index >= 15 is 0 Å². The van der Waals surface area contributed by atoms with Gasteiger partial charge in [-0.25, -0.2) is 0 Å². The van der Waals surface area contributed by atoms with Gasteiger partial charge in [0.2, 0.25) is 0 Å². The zero-order chi connectivity index (χ0) is 28.6. The second-order valence-electron chi connectivity index (χ2n) is 14.9. The average Bonchev–Trinajstić information content (AvgIpc) is 2.74. The van der Waals surface area contributed by atoms with Gasteiger partial charge in [0.05, 0.1) is 0 Å². The van der Waals surface area contributed by atoms with Crippen molar-refractivity contribution in [3.8, 4) is 0 Å². The highest BCUT2D eigenvalue weighted by Crippen LogP contribution is 2.30. The lowest BCUT2D eigenvalue weighted by atomic mass is 9.82. The molecule has 0 nitrogen and oxygen atoms in total. The van der Waals surface area contributed by atoms with Crippen molar-refractivity contribution in [2.75, 3.05) is 0 Å². The molecule has 0 radical (unpaired) electrons. The Morgan fingerprint density at radius 2 is 0.605 bits per heavy atom. The first kappa shape index (κ1) is 32.7. The van der Waals surface area contributed by atoms with E-state index in [0.29, 0.717) is 35.5 Å². The van der Waals surface area contributed by atoms with Crippen LogP contribution in [-0.2, 0) is 51.4 Å². The minimum Gasteiger partial charge on any atom is -0.0625 e. The topological polar surface area (TPSA) is 0 Å². The number of benzene rings is 2. The molecule has 0 saturated carbocycles. The Hall–Kier alpha value is -1.56. The molecule has 2 aromatic carbocycles. The van der Waals surface area contributed by atoms with Crippen LogP contribution in [0, 0.1) is 35.5 Å². The zero-order valence-corrected chi connectivity index (χ0v) is 27.4. The number of hydrogen-bond acceptors (Lipinski definition) is 0. The molecule has 0 aromatic heterocycles. The van der Waals surface area contributed by atoms with Gasteiger partial charge >= 0.3 is 0 Å². The first-order valence-electron chi connectivity index (χ1n) is 16.0. The Morgan fingerprint density at radius 3 is 0.868 bits per heavy atom. The maximum atomic E-state index is 2.59. The van der Waals surface area contributed by atoms with Crippen LogP contribution in [0.1, 0.15) is 128 Å². The molecule has 214 valence electrons. The average molecular weight is 519 g/mol. The summed E-state index contributed by atoms with van der Waals surface area (Å²) in [5.74, 6) is 4.11. The van der Waals surface area contributed by atoms with Crippen LogP contribution in [0.15, 0.2) is 24.3 Å². The Balaban J connectivity index is 2.61. The van der Waals surface area contributed by atoms with Crippen molar-refractivity contribution in [2.24, 2.45) is 35.5 Å². The SMILES string of the molecule is CC(C)Cc1cc(CCc2cc(CC(C)C)cc(CC(C)C)c2CC(C)C)c(CC(C)C)c(CC(C)C)c1. The summed E-state index contributed by atoms with van der Waals surface area (Å²) in [4.78, 5) is 0. The van der Waals surface area contributed by atoms with E-state index in [0.717, 1.165) is 12.8 Å². The summed E-state index contributed by atoms with van der Waals surface area (Å²) >= 11 is 0. The van der Waals surface area contributed by atoms with E-state index in [9.17, 15) is 0 Å². The molecule has 0 N–H and O–H groups in total. The minimum atomic E-state index is 0.680. The predicted molar refractivity (Wildman–Crippen MR) is 172 cm³/mol. The van der Waals surface area contributed by atoms with Gasteiger partial charge in [-0.2, -0.15) is 0 Å². The van der Waals surface area contributed by atoms with E-state index in [-0.39, 0.29) is 0 Å². The fourth-order valence-corrected chi connectivity index (χ4v) is 6.22. The quantitative estimate of drug-likeness (QED) is 0.220. The van der Waals surface area contributed by atoms with Crippen LogP contribution < -0.4 is 0 Å². The van der Waals surface area contributed by atoms with Crippen molar-refractivity contribution in [3.05, 3.63) is 68.8 Å². The van der Waals surface area contributed by atoms with Crippen LogP contribution >= 0.6 is 0 Å². The minimum absolute atomic E-state index is 0.680. The van der Waals surface area contributed by atoms with E-state index in [1.54, 1.807) is 44.5 Å². The number of rotatable bonds is 15. The summed E-state index contributed by atoms with van der Waals surface area (Å²) in [7, 11) is 0. The second kappa shape index (κ2) is 15.3. The highest BCUT2D eigenvalue weighted by Gasteiger charge is 2.18. The van der Waals surface area contributed by atoms with E-state index in [1.807, 2.05) is 0 Å². The summed E-state index contributed by atoms with van der Waals surface area (Å²) in [6, 6.07) is 10.3. The standard InChI is InChI=1S/C38H62/c1-25(2)15-31-21-33(37(19-29(9)10)35(23-31)17-27(5)6)13-14-34-22-32(16-26(3)4)24-36(18-28(7)8)38(34)20-30(11)12/h21-30H,13-20H2,1-12H3. The summed E-state index contributed by atoms with van der Waals surface area (Å²) in [6.45, 7) is 28.5. The molecule has 0 aliphatic rings. The molecule has 0 bridgehead atoms. The molecule has 0 aliphatic carbocycles. The normalized spacial score (nSPS) is 12.4. The van der Waals surface area contributed by atoms with Crippen LogP contribution in [-0.4, -0.2) is 0 Å². The van der Waals surface area contributed by atoms with E-state index in [4.69, 9.17) is 0 Å². The van der Waals surface area contributed by atoms with Crippen LogP contribution in [0.5, 0.6) is 0 Å². The summed E-state index contributed by atoms with van der Waals surface area (Å²) in [5.41, 5.74) is 12.9. The van der Waals surface area contributed by atoms with Gasteiger partial charge in [-0.05, 0) is 131 Å². The van der Waals surface area contributed by atoms with Gasteiger partial charge in [0.1, 0.15) is 0 Å². The molecule has 0 aliphatic heterocycles. The smallest absolute Gasteiger partial charge is 0.0235 e. The van der Waals surface area contributed by atoms with E-state index in [1.165, 1.54) is 38.5 Å². The van der Waals surface area contributed by atoms with Crippen molar-refractivity contribution in [3.63, 3.8) is 0 Å². The lowest BCUT2D eigenvalue weighted by molar-refractivity contribution is 0.603. The highest BCUT2D eigenvalue weighted by molar-refractivity contribution is 5.44. The van der Waals surface area contributed by atoms with Gasteiger partial charge in [-0.1, -0.05) is 107 Å². The largest absolute Gasteiger partial charge is 0.0625 e. The van der Waals surface area contributed by atoms with Gasteiger partial charge in [-0.15, -0.1) is 0 Å². The number of hydrogen-bond donors (Lipinski definition) is 0. The molecule has 0 heterocycles. The fourth-order valence-electron chi connectivity index (χ4n) is 6.22. The lowest BCUT2D eigenvalue weighted by Gasteiger charge is -2.23. The van der Waals surface area contributed by atoms with Gasteiger partial charge < -0.3 is 0 Å². The van der Waals surface area contributed by atoms with Crippen molar-refractivity contribution in [2.45, 2.75) is 134 Å². The summed E-state index contributed by atoms with van der Waals surface area (Å²) < 4.78 is 0. The van der Waals surface area contributed by atoms with Crippen LogP contribution in [0.25, 0.3) is 0 Å². The summed E-state index contributed by atoms with van der Waals surface area (Å²) in [5, 5.41) is 0. The Kier molecular flexibility index (Phi) is 13.1. The van der Waals surface area contributed by atoms with Gasteiger partial charge in [-0.3, -0.25) is 0 Å². The van der Waals surface area contributed by atoms with E-state index < -0.39 is 0 Å². The van der Waals surface area contributed by atoms with Crippen LogP contribution in [0.4, 0.5) is 0 Å². The Morgan fingerprint density at radius 1 is 0.342 bits per heavy atom. The molecular formula is C38H62. The molecule has 0 unspecified atom stereocenters. The van der Waals surface area contributed by atoms with Crippen molar-refractivity contribution in [1.82, 2.24) is 0 Å². The molecule has 0 spiro atoms. The van der Waals surface area contributed by atoms with E-state index in [2.05, 4.69) is 107 Å². The lowest BCUT2D eigenvalue weighted by Crippen LogP contribution is -2.12. The summed E-state index contributed by atoms with van der Waals surface area (Å²) in [6.07, 6.45) is 9.48. The van der Waals surface area contributed by atoms with Crippen molar-refractivity contribution < 1.29 is 0 Å². The van der Waals surface area contributed by atoms with Gasteiger partial charge in [0.25, 0.3) is 0 Å². The molecule has 0 heteroatoms. The third-order valence-electron chi connectivity index (χ3n) is 7.42. The van der Waals surface area contributed by atoms with Crippen LogP contribution in [0.3, 0.4) is 0 Å². The monoisotopic (exact) mass is 518 g/mol. The van der Waals surface area contributed by atoms with Gasteiger partial charge in [0, 0.05) is 0 Å². The predicted octanol–water partition coefficient (Wildman–Crippen LogP) is 10.7. The van der Waals surface area contributed by atoms with Crippen molar-refractivity contribution in [1.29, 1.82) is 0 Å². The first-order valence-corrected chi connectivity index (χ1v) is 16.0. The second-order valence-corrected chi connectivity index (χ2v) is 14.9. The van der Waals surface area contributed by atoms with Crippen molar-refractivity contribution >= 4 is 0 Å². The fraction of sp³-hybridized carbons (Fsp3) is 0.684. The molecule has 2 rings (SSSR count). The zero-order valence-electron chi connectivity index (χ0n) is 27.4. The molecule has 2 aromatic rings. The highest BCUT2D eigenvalue weighted by atomic mass is 14.2. The van der Waals surface area contributed by atoms with Gasteiger partial charge in [0.15, 0.2) is 0 Å². The molecular weight excluding hydrogens is 456 g/mol. The Bertz CT molecular complexity index is 902. The maximum absolute atomic E-state index is 2.59. The van der Waals surface area contributed by atoms with Crippen LogP contribution in [0.2, 0.25) is 0 Å². The molecule has 38 heavy (non-hydrogen) atoms. The molecule has 0 amide bonds.